The molecule has 5 aliphatic carbocycles. The molecular weight excluding hydrogens is 785 g/mol. The molecule has 0 spiro atoms. The average Bonchev–Trinajstić information content (AvgIpc) is 3.78. The molecule has 1 aromatic heterocycles. The van der Waals surface area contributed by atoms with E-state index in [4.69, 9.17) is 0 Å². The number of benzene rings is 8. The molecule has 318 valence electrons. The lowest BCUT2D eigenvalue weighted by Crippen LogP contribution is -2.48. The predicted octanol–water partition coefficient (Wildman–Crippen LogP) is 17.0. The molecule has 9 aromatic rings. The highest BCUT2D eigenvalue weighted by molar-refractivity contribution is 6.09. The quantitative estimate of drug-likeness (QED) is 0.155. The summed E-state index contributed by atoms with van der Waals surface area (Å²) >= 11 is 0. The van der Waals surface area contributed by atoms with E-state index in [9.17, 15) is 0 Å². The molecule has 0 saturated heterocycles. The second-order valence-corrected chi connectivity index (χ2v) is 20.9. The summed E-state index contributed by atoms with van der Waals surface area (Å²) in [4.78, 5) is 2.52. The lowest BCUT2D eigenvalue weighted by molar-refractivity contribution is -0.00518. The summed E-state index contributed by atoms with van der Waals surface area (Å²) in [6.07, 6.45) is 8.66. The van der Waals surface area contributed by atoms with Gasteiger partial charge in [0.2, 0.25) is 0 Å². The Morgan fingerprint density at radius 1 is 0.462 bits per heavy atom. The van der Waals surface area contributed by atoms with Crippen LogP contribution in [0.25, 0.3) is 60.9 Å². The molecule has 0 aliphatic heterocycles. The van der Waals surface area contributed by atoms with Gasteiger partial charge in [-0.1, -0.05) is 123 Å². The predicted molar refractivity (Wildman–Crippen MR) is 273 cm³/mol. The van der Waals surface area contributed by atoms with Gasteiger partial charge >= 0.3 is 0 Å². The highest BCUT2D eigenvalue weighted by Crippen LogP contribution is 2.61. The van der Waals surface area contributed by atoms with Crippen molar-refractivity contribution in [2.24, 2.45) is 17.8 Å². The molecule has 0 atom stereocenters. The Hall–Kier alpha value is -6.64. The van der Waals surface area contributed by atoms with Crippen molar-refractivity contribution in [3.63, 3.8) is 0 Å². The molecule has 4 bridgehead atoms. The van der Waals surface area contributed by atoms with E-state index in [1.165, 1.54) is 127 Å². The van der Waals surface area contributed by atoms with Gasteiger partial charge in [-0.15, -0.1) is 0 Å². The molecule has 8 aromatic carbocycles. The van der Waals surface area contributed by atoms with Crippen LogP contribution in [0.4, 0.5) is 17.1 Å². The van der Waals surface area contributed by atoms with Crippen LogP contribution in [-0.2, 0) is 10.8 Å². The second kappa shape index (κ2) is 14.4. The van der Waals surface area contributed by atoms with Gasteiger partial charge in [0.05, 0.1) is 16.7 Å². The van der Waals surface area contributed by atoms with Gasteiger partial charge in [-0.2, -0.15) is 0 Å². The zero-order chi connectivity index (χ0) is 43.6. The molecule has 4 saturated carbocycles. The fraction of sp³-hybridized carbons (Fsp3) is 0.238. The molecular formula is C63H56N2. The standard InChI is InChI=1S/C63H56N2/c1-40-30-48(46-18-21-49(22-19-46)63-37-42-32-43(38-63)34-44(33-42)39-63)31-41(2)61(40)64(50-23-25-51(26-24-50)65-59-16-10-8-14-55(59)56-15-9-11-17-60(56)65)52-27-29-54-53-28-20-47(45-12-6-5-7-13-45)35-57(53)62(3,4)58(54)36-52/h5-31,35-36,42-44H,32-34,37-39H2,1-4H3. The Morgan fingerprint density at radius 2 is 0.969 bits per heavy atom. The van der Waals surface area contributed by atoms with Gasteiger partial charge in [0.1, 0.15) is 0 Å². The number of rotatable bonds is 7. The Labute approximate surface area is 384 Å². The SMILES string of the molecule is Cc1cc(-c2ccc(C34CC5CC(CC(C5)C3)C4)cc2)cc(C)c1N(c1ccc(-n2c3ccccc3c3ccccc32)cc1)c1ccc2c(c1)C(C)(C)c1cc(-c3ccccc3)ccc1-2. The maximum atomic E-state index is 2.52. The Kier molecular flexibility index (Phi) is 8.61. The first-order valence-corrected chi connectivity index (χ1v) is 24.2. The minimum atomic E-state index is -0.173. The van der Waals surface area contributed by atoms with Gasteiger partial charge in [0.25, 0.3) is 0 Å². The Balaban J connectivity index is 0.912. The molecule has 5 aliphatic rings. The van der Waals surface area contributed by atoms with E-state index in [-0.39, 0.29) is 5.41 Å². The van der Waals surface area contributed by atoms with Crippen molar-refractivity contribution in [1.82, 2.24) is 4.57 Å². The molecule has 0 radical (unpaired) electrons. The zero-order valence-electron chi connectivity index (χ0n) is 38.1. The van der Waals surface area contributed by atoms with Crippen molar-refractivity contribution in [2.45, 2.75) is 77.0 Å². The van der Waals surface area contributed by atoms with E-state index in [0.717, 1.165) is 29.1 Å². The van der Waals surface area contributed by atoms with Gasteiger partial charge in [0, 0.05) is 33.2 Å². The zero-order valence-corrected chi connectivity index (χ0v) is 38.1. The van der Waals surface area contributed by atoms with Crippen LogP contribution in [0.15, 0.2) is 176 Å². The van der Waals surface area contributed by atoms with E-state index in [2.05, 4.69) is 213 Å². The second-order valence-electron chi connectivity index (χ2n) is 20.9. The van der Waals surface area contributed by atoms with Gasteiger partial charge in [-0.3, -0.25) is 0 Å². The Morgan fingerprint density at radius 3 is 1.58 bits per heavy atom. The maximum absolute atomic E-state index is 2.52. The molecule has 2 heteroatoms. The lowest BCUT2D eigenvalue weighted by Gasteiger charge is -2.57. The normalized spacial score (nSPS) is 21.2. The van der Waals surface area contributed by atoms with E-state index in [1.54, 1.807) is 5.56 Å². The van der Waals surface area contributed by atoms with Gasteiger partial charge in [-0.25, -0.2) is 0 Å². The third kappa shape index (κ3) is 6.06. The number of aromatic nitrogens is 1. The van der Waals surface area contributed by atoms with Crippen molar-refractivity contribution in [1.29, 1.82) is 0 Å². The van der Waals surface area contributed by atoms with E-state index in [0.29, 0.717) is 5.41 Å². The minimum absolute atomic E-state index is 0.173. The third-order valence-electron chi connectivity index (χ3n) is 16.6. The summed E-state index contributed by atoms with van der Waals surface area (Å²) in [5.74, 6) is 2.85. The molecule has 2 nitrogen and oxygen atoms in total. The first kappa shape index (κ1) is 38.8. The molecule has 4 fully saturated rings. The number of para-hydroxylation sites is 2. The van der Waals surface area contributed by atoms with Crippen LogP contribution in [0.3, 0.4) is 0 Å². The number of anilines is 3. The topological polar surface area (TPSA) is 8.17 Å². The largest absolute Gasteiger partial charge is 0.310 e. The van der Waals surface area contributed by atoms with E-state index >= 15 is 0 Å². The van der Waals surface area contributed by atoms with Crippen molar-refractivity contribution in [2.75, 3.05) is 4.90 Å². The smallest absolute Gasteiger partial charge is 0.0541 e. The molecule has 1 heterocycles. The van der Waals surface area contributed by atoms with Crippen LogP contribution in [-0.4, -0.2) is 4.57 Å². The Bertz CT molecular complexity index is 3220. The van der Waals surface area contributed by atoms with Crippen molar-refractivity contribution < 1.29 is 0 Å². The summed E-state index contributed by atoms with van der Waals surface area (Å²) in [7, 11) is 0. The van der Waals surface area contributed by atoms with Crippen LogP contribution in [0.5, 0.6) is 0 Å². The van der Waals surface area contributed by atoms with Crippen molar-refractivity contribution in [3.05, 3.63) is 204 Å². The fourth-order valence-electron chi connectivity index (χ4n) is 14.0. The van der Waals surface area contributed by atoms with Gasteiger partial charge in [0.15, 0.2) is 0 Å². The summed E-state index contributed by atoms with van der Waals surface area (Å²) in [6, 6.07) is 66.6. The number of hydrogen-bond acceptors (Lipinski definition) is 1. The third-order valence-corrected chi connectivity index (χ3v) is 16.6. The summed E-state index contributed by atoms with van der Waals surface area (Å²) < 4.78 is 2.41. The first-order chi connectivity index (χ1) is 31.7. The first-order valence-electron chi connectivity index (χ1n) is 24.2. The van der Waals surface area contributed by atoms with Gasteiger partial charge in [-0.05, 0) is 203 Å². The maximum Gasteiger partial charge on any atom is 0.0541 e. The van der Waals surface area contributed by atoms with Crippen molar-refractivity contribution in [3.8, 4) is 39.1 Å². The number of nitrogens with zero attached hydrogens (tertiary/aromatic N) is 2. The highest BCUT2D eigenvalue weighted by Gasteiger charge is 2.51. The van der Waals surface area contributed by atoms with Gasteiger partial charge < -0.3 is 9.47 Å². The molecule has 65 heavy (non-hydrogen) atoms. The van der Waals surface area contributed by atoms with Crippen LogP contribution in [0.1, 0.15) is 80.2 Å². The fourth-order valence-corrected chi connectivity index (χ4v) is 14.0. The van der Waals surface area contributed by atoms with Crippen LogP contribution >= 0.6 is 0 Å². The lowest BCUT2D eigenvalue weighted by atomic mass is 9.48. The molecule has 0 N–H and O–H groups in total. The van der Waals surface area contributed by atoms with Crippen LogP contribution in [0.2, 0.25) is 0 Å². The van der Waals surface area contributed by atoms with Crippen LogP contribution in [0, 0.1) is 31.6 Å². The molecule has 0 unspecified atom stereocenters. The average molecular weight is 841 g/mol. The summed E-state index contributed by atoms with van der Waals surface area (Å²) in [5.41, 5.74) is 22.1. The summed E-state index contributed by atoms with van der Waals surface area (Å²) in [5, 5.41) is 2.56. The minimum Gasteiger partial charge on any atom is -0.310 e. The monoisotopic (exact) mass is 840 g/mol. The van der Waals surface area contributed by atoms with E-state index < -0.39 is 0 Å². The number of fused-ring (bicyclic) bond motifs is 6. The summed E-state index contributed by atoms with van der Waals surface area (Å²) in [6.45, 7) is 9.43. The number of hydrogen-bond donors (Lipinski definition) is 0. The van der Waals surface area contributed by atoms with Crippen molar-refractivity contribution >= 4 is 38.9 Å². The molecule has 14 rings (SSSR count). The molecule has 0 amide bonds. The van der Waals surface area contributed by atoms with Crippen LogP contribution < -0.4 is 4.90 Å². The highest BCUT2D eigenvalue weighted by atomic mass is 15.1. The number of aryl methyl sites for hydroxylation is 2. The van der Waals surface area contributed by atoms with E-state index in [1.807, 2.05) is 0 Å².